The molecular formula is C25H30F2N4O8P4. The molecule has 2 aromatic carbocycles. The molecule has 4 rings (SSSR count). The van der Waals surface area contributed by atoms with Crippen LogP contribution in [-0.2, 0) is 30.0 Å². The van der Waals surface area contributed by atoms with Crippen LogP contribution in [0.4, 0.5) is 14.6 Å². The molecule has 0 spiro atoms. The van der Waals surface area contributed by atoms with E-state index < -0.39 is 56.4 Å². The highest BCUT2D eigenvalue weighted by atomic mass is 31.2. The molecule has 0 amide bonds. The molecule has 8 atom stereocenters. The molecule has 1 fully saturated rings. The molecule has 0 saturated carbocycles. The van der Waals surface area contributed by atoms with Gasteiger partial charge in [0.2, 0.25) is 6.23 Å². The average Bonchev–Trinajstić information content (AvgIpc) is 3.23. The molecule has 3 aromatic rings. The Morgan fingerprint density at radius 3 is 2.37 bits per heavy atom. The van der Waals surface area contributed by atoms with E-state index in [1.165, 1.54) is 29.6 Å². The molecule has 0 bridgehead atoms. The van der Waals surface area contributed by atoms with Gasteiger partial charge in [-0.2, -0.15) is 18.4 Å². The van der Waals surface area contributed by atoms with E-state index in [2.05, 4.69) is 23.8 Å². The third-order valence-electron chi connectivity index (χ3n) is 6.50. The first-order valence-corrected chi connectivity index (χ1v) is 15.7. The first-order valence-electron chi connectivity index (χ1n) is 12.7. The standard InChI is InChI=1S/C25H30F2N4O8P4/c1-16(22(32)36-15-17-8-4-2-5-9-17)30(43(34,35)39-18-10-6-3-7-11-18)14-19-21(38-42)25(26,27)23(37-19)29-13-12-20(31(40)41)28-24(29)33/h2-13,16,19,21,23H,14-15,40-42H2,1H3,(H,34,35). The van der Waals surface area contributed by atoms with Gasteiger partial charge in [0.15, 0.2) is 6.10 Å². The van der Waals surface area contributed by atoms with Crippen molar-refractivity contribution >= 4 is 47.8 Å². The zero-order valence-corrected chi connectivity index (χ0v) is 27.0. The van der Waals surface area contributed by atoms with Crippen LogP contribution in [0.15, 0.2) is 77.7 Å². The van der Waals surface area contributed by atoms with Gasteiger partial charge < -0.3 is 27.9 Å². The van der Waals surface area contributed by atoms with Gasteiger partial charge in [-0.15, -0.1) is 0 Å². The number of hydrogen-bond donors (Lipinski definition) is 1. The fourth-order valence-corrected chi connectivity index (χ4v) is 6.36. The van der Waals surface area contributed by atoms with Crippen molar-refractivity contribution in [2.75, 3.05) is 11.0 Å². The highest BCUT2D eigenvalue weighted by molar-refractivity contribution is 7.50. The fraction of sp³-hybridized carbons (Fsp3) is 0.320. The molecule has 1 saturated heterocycles. The summed E-state index contributed by atoms with van der Waals surface area (Å²) in [6.45, 7) is 0.384. The average molecular weight is 676 g/mol. The second-order valence-corrected chi connectivity index (χ2v) is 13.1. The minimum Gasteiger partial charge on any atom is -0.460 e. The second-order valence-electron chi connectivity index (χ2n) is 9.43. The zero-order valence-electron chi connectivity index (χ0n) is 22.7. The van der Waals surface area contributed by atoms with E-state index in [1.54, 1.807) is 58.0 Å². The SMILES string of the molecule is CC(C(=O)OCc1ccccc1)N(CC1OC(n2ccc(N(P)P)nc2=O)C(F)(F)C1OP)P(=O)(O)Oc1ccccc1. The monoisotopic (exact) mass is 676 g/mol. The van der Waals surface area contributed by atoms with E-state index in [9.17, 15) is 19.0 Å². The van der Waals surface area contributed by atoms with Crippen LogP contribution in [0.25, 0.3) is 0 Å². The second kappa shape index (κ2) is 14.1. The minimum atomic E-state index is -4.93. The van der Waals surface area contributed by atoms with Crippen LogP contribution in [0.2, 0.25) is 0 Å². The van der Waals surface area contributed by atoms with Crippen molar-refractivity contribution in [2.24, 2.45) is 0 Å². The number of halogens is 2. The van der Waals surface area contributed by atoms with Crippen LogP contribution < -0.4 is 14.7 Å². The molecule has 1 aliphatic rings. The van der Waals surface area contributed by atoms with Crippen molar-refractivity contribution in [1.29, 1.82) is 0 Å². The lowest BCUT2D eigenvalue weighted by Crippen LogP contribution is -2.47. The van der Waals surface area contributed by atoms with Crippen molar-refractivity contribution in [1.82, 2.24) is 14.2 Å². The number of carbonyl (C=O) groups is 1. The third kappa shape index (κ3) is 7.83. The third-order valence-corrected chi connectivity index (χ3v) is 8.93. The summed E-state index contributed by atoms with van der Waals surface area (Å²) in [6.07, 6.45) is -4.76. The van der Waals surface area contributed by atoms with Gasteiger partial charge >= 0.3 is 25.3 Å². The Morgan fingerprint density at radius 2 is 1.79 bits per heavy atom. The lowest BCUT2D eigenvalue weighted by Gasteiger charge is -2.33. The van der Waals surface area contributed by atoms with Gasteiger partial charge in [-0.05, 0) is 49.5 Å². The van der Waals surface area contributed by atoms with Crippen molar-refractivity contribution in [3.05, 3.63) is 89.0 Å². The van der Waals surface area contributed by atoms with Gasteiger partial charge in [-0.3, -0.25) is 9.36 Å². The van der Waals surface area contributed by atoms with Gasteiger partial charge in [-0.1, -0.05) is 48.5 Å². The van der Waals surface area contributed by atoms with Crippen LogP contribution in [-0.4, -0.2) is 55.8 Å². The van der Waals surface area contributed by atoms with E-state index in [1.807, 2.05) is 0 Å². The number of ether oxygens (including phenoxy) is 2. The molecule has 8 unspecified atom stereocenters. The summed E-state index contributed by atoms with van der Waals surface area (Å²) in [6, 6.07) is 16.2. The lowest BCUT2D eigenvalue weighted by molar-refractivity contribution is -0.150. The number of carbonyl (C=O) groups excluding carboxylic acids is 1. The number of aromatic nitrogens is 2. The van der Waals surface area contributed by atoms with E-state index in [4.69, 9.17) is 18.5 Å². The Bertz CT molecular complexity index is 1510. The van der Waals surface area contributed by atoms with Crippen molar-refractivity contribution in [3.63, 3.8) is 0 Å². The number of rotatable bonds is 12. The lowest BCUT2D eigenvalue weighted by atomic mass is 10.1. The molecule has 1 aromatic heterocycles. The van der Waals surface area contributed by atoms with Crippen LogP contribution in [0.3, 0.4) is 0 Å². The molecule has 232 valence electrons. The first-order chi connectivity index (χ1) is 20.3. The number of alkyl halides is 2. The summed E-state index contributed by atoms with van der Waals surface area (Å²) in [4.78, 5) is 40.6. The largest absolute Gasteiger partial charge is 0.460 e. The summed E-state index contributed by atoms with van der Waals surface area (Å²) in [5, 5.41) is 0. The smallest absolute Gasteiger partial charge is 0.459 e. The molecular weight excluding hydrogens is 646 g/mol. The zero-order chi connectivity index (χ0) is 31.4. The first kappa shape index (κ1) is 33.5. The predicted molar refractivity (Wildman–Crippen MR) is 163 cm³/mol. The number of benzene rings is 2. The quantitative estimate of drug-likeness (QED) is 0.221. The fourth-order valence-electron chi connectivity index (χ4n) is 4.32. The molecule has 1 aliphatic heterocycles. The number of anilines is 1. The Balaban J connectivity index is 1.64. The Kier molecular flexibility index (Phi) is 11.0. The number of nitrogens with zero attached hydrogens (tertiary/aromatic N) is 4. The van der Waals surface area contributed by atoms with E-state index in [0.29, 0.717) is 14.8 Å². The molecule has 1 N–H and O–H groups in total. The Morgan fingerprint density at radius 1 is 1.16 bits per heavy atom. The molecule has 0 aliphatic carbocycles. The topological polar surface area (TPSA) is 133 Å². The minimum absolute atomic E-state index is 0.00693. The number of esters is 1. The maximum Gasteiger partial charge on any atom is 0.459 e. The molecule has 0 radical (unpaired) electrons. The highest BCUT2D eigenvalue weighted by Gasteiger charge is 2.62. The van der Waals surface area contributed by atoms with Gasteiger partial charge in [-0.25, -0.2) is 9.36 Å². The summed E-state index contributed by atoms with van der Waals surface area (Å²) < 4.78 is 69.0. The van der Waals surface area contributed by atoms with Crippen LogP contribution in [0, 0.1) is 0 Å². The van der Waals surface area contributed by atoms with Crippen molar-refractivity contribution < 1.29 is 41.6 Å². The molecule has 43 heavy (non-hydrogen) atoms. The van der Waals surface area contributed by atoms with Crippen molar-refractivity contribution in [3.8, 4) is 5.75 Å². The van der Waals surface area contributed by atoms with E-state index in [-0.39, 0.29) is 18.2 Å². The highest BCUT2D eigenvalue weighted by Crippen LogP contribution is 2.51. The maximum absolute atomic E-state index is 15.7. The van der Waals surface area contributed by atoms with Gasteiger partial charge in [0.1, 0.15) is 30.3 Å². The van der Waals surface area contributed by atoms with Gasteiger partial charge in [0, 0.05) is 22.2 Å². The maximum atomic E-state index is 15.7. The molecule has 12 nitrogen and oxygen atoms in total. The van der Waals surface area contributed by atoms with Crippen LogP contribution in [0.5, 0.6) is 5.75 Å². The molecule has 2 heterocycles. The van der Waals surface area contributed by atoms with E-state index >= 15 is 8.78 Å². The Labute approximate surface area is 253 Å². The normalized spacial score (nSPS) is 21.6. The summed E-state index contributed by atoms with van der Waals surface area (Å²) in [7, 11) is 1.30. The van der Waals surface area contributed by atoms with Crippen LogP contribution >= 0.6 is 36.0 Å². The van der Waals surface area contributed by atoms with E-state index in [0.717, 1.165) is 6.20 Å². The van der Waals surface area contributed by atoms with Gasteiger partial charge in [0.05, 0.1) is 0 Å². The number of para-hydroxylation sites is 1. The summed E-state index contributed by atoms with van der Waals surface area (Å²) in [5.74, 6) is -4.58. The van der Waals surface area contributed by atoms with Gasteiger partial charge in [0.25, 0.3) is 0 Å². The van der Waals surface area contributed by atoms with Crippen LogP contribution in [0.1, 0.15) is 18.7 Å². The van der Waals surface area contributed by atoms with Crippen molar-refractivity contribution in [2.45, 2.75) is 43.9 Å². The number of hydrogen-bond acceptors (Lipinski definition) is 9. The molecule has 18 heteroatoms. The summed E-state index contributed by atoms with van der Waals surface area (Å²) in [5.41, 5.74) is -0.368. The summed E-state index contributed by atoms with van der Waals surface area (Å²) >= 11 is 0. The predicted octanol–water partition coefficient (Wildman–Crippen LogP) is 3.95. The Hall–Kier alpha value is -2.39.